The van der Waals surface area contributed by atoms with E-state index in [1.165, 1.54) is 4.31 Å². The average molecular weight is 498 g/mol. The molecule has 0 atom stereocenters. The van der Waals surface area contributed by atoms with E-state index in [0.29, 0.717) is 49.5 Å². The molecule has 4 rings (SSSR count). The molecule has 35 heavy (non-hydrogen) atoms. The molecule has 0 aromatic heterocycles. The first-order valence-corrected chi connectivity index (χ1v) is 13.8. The first-order chi connectivity index (χ1) is 16.5. The molecule has 0 aliphatic carbocycles. The zero-order valence-corrected chi connectivity index (χ0v) is 21.6. The molecule has 0 unspecified atom stereocenters. The number of piperidine rings is 1. The second-order valence-corrected chi connectivity index (χ2v) is 12.5. The summed E-state index contributed by atoms with van der Waals surface area (Å²) < 4.78 is 27.7. The molecule has 2 aromatic carbocycles. The number of anilines is 1. The van der Waals surface area contributed by atoms with Crippen molar-refractivity contribution in [2.24, 2.45) is 5.92 Å². The lowest BCUT2D eigenvalue weighted by Gasteiger charge is -2.30. The van der Waals surface area contributed by atoms with Crippen molar-refractivity contribution >= 4 is 27.5 Å². The summed E-state index contributed by atoms with van der Waals surface area (Å²) in [4.78, 5) is 26.9. The number of carbonyl (C=O) groups is 2. The maximum absolute atomic E-state index is 13.1. The van der Waals surface area contributed by atoms with Crippen LogP contribution in [0.15, 0.2) is 53.4 Å². The number of nitrogens with one attached hydrogen (secondary N) is 1. The van der Waals surface area contributed by atoms with Crippen LogP contribution in [-0.4, -0.2) is 49.1 Å². The molecule has 2 aliphatic heterocycles. The smallest absolute Gasteiger partial charge is 0.243 e. The van der Waals surface area contributed by atoms with Crippen molar-refractivity contribution in [3.05, 3.63) is 59.7 Å². The van der Waals surface area contributed by atoms with Gasteiger partial charge in [-0.3, -0.25) is 9.59 Å². The molecule has 0 bridgehead atoms. The van der Waals surface area contributed by atoms with Crippen molar-refractivity contribution in [1.29, 1.82) is 0 Å². The van der Waals surface area contributed by atoms with Crippen LogP contribution in [0, 0.1) is 5.92 Å². The Morgan fingerprint density at radius 3 is 2.31 bits per heavy atom. The number of amides is 2. The molecule has 2 saturated heterocycles. The Morgan fingerprint density at radius 2 is 1.71 bits per heavy atom. The van der Waals surface area contributed by atoms with E-state index in [0.717, 1.165) is 24.1 Å². The van der Waals surface area contributed by atoms with Crippen molar-refractivity contribution in [3.63, 3.8) is 0 Å². The summed E-state index contributed by atoms with van der Waals surface area (Å²) in [7, 11) is -3.58. The fourth-order valence-corrected chi connectivity index (χ4v) is 6.19. The number of hydrogen-bond donors (Lipinski definition) is 1. The van der Waals surface area contributed by atoms with Gasteiger partial charge in [0, 0.05) is 44.2 Å². The molecule has 2 heterocycles. The largest absolute Gasteiger partial charge is 0.338 e. The third-order valence-corrected chi connectivity index (χ3v) is 8.84. The van der Waals surface area contributed by atoms with Crippen molar-refractivity contribution in [2.75, 3.05) is 25.0 Å². The standard InChI is InChI=1S/C27H35N3O4S/c1-27(2,3)22-9-11-24(12-10-22)35(33,34)30-16-13-21(14-17-30)26(32)28-23-7-4-6-20(18-23)19-29-15-5-8-25(29)31/h4,6-7,9-12,18,21H,5,8,13-17,19H2,1-3H3,(H,28,32). The molecule has 0 saturated carbocycles. The minimum absolute atomic E-state index is 0.0425. The van der Waals surface area contributed by atoms with Gasteiger partial charge in [-0.15, -0.1) is 0 Å². The normalized spacial score (nSPS) is 18.1. The van der Waals surface area contributed by atoms with E-state index in [1.807, 2.05) is 41.3 Å². The summed E-state index contributed by atoms with van der Waals surface area (Å²) in [5, 5.41) is 2.98. The van der Waals surface area contributed by atoms with Gasteiger partial charge in [-0.1, -0.05) is 45.0 Å². The van der Waals surface area contributed by atoms with Crippen LogP contribution in [0.4, 0.5) is 5.69 Å². The maximum Gasteiger partial charge on any atom is 0.243 e. The highest BCUT2D eigenvalue weighted by molar-refractivity contribution is 7.89. The maximum atomic E-state index is 13.1. The van der Waals surface area contributed by atoms with E-state index in [1.54, 1.807) is 12.1 Å². The van der Waals surface area contributed by atoms with E-state index in [9.17, 15) is 18.0 Å². The molecule has 7 nitrogen and oxygen atoms in total. The van der Waals surface area contributed by atoms with Crippen LogP contribution < -0.4 is 5.32 Å². The molecule has 1 N–H and O–H groups in total. The van der Waals surface area contributed by atoms with Crippen LogP contribution in [0.1, 0.15) is 57.6 Å². The molecule has 0 spiro atoms. The van der Waals surface area contributed by atoms with Crippen LogP contribution in [0.2, 0.25) is 0 Å². The third kappa shape index (κ3) is 5.93. The number of sulfonamides is 1. The minimum Gasteiger partial charge on any atom is -0.338 e. The van der Waals surface area contributed by atoms with Crippen molar-refractivity contribution in [1.82, 2.24) is 9.21 Å². The Hall–Kier alpha value is -2.71. The van der Waals surface area contributed by atoms with Crippen molar-refractivity contribution in [3.8, 4) is 0 Å². The predicted molar refractivity (Wildman–Crippen MR) is 136 cm³/mol. The number of hydrogen-bond acceptors (Lipinski definition) is 4. The Kier molecular flexibility index (Phi) is 7.33. The van der Waals surface area contributed by atoms with Gasteiger partial charge in [-0.05, 0) is 60.1 Å². The first-order valence-electron chi connectivity index (χ1n) is 12.3. The van der Waals surface area contributed by atoms with Crippen LogP contribution in [0.3, 0.4) is 0 Å². The number of likely N-dealkylation sites (tertiary alicyclic amines) is 1. The zero-order chi connectivity index (χ0) is 25.2. The lowest BCUT2D eigenvalue weighted by Crippen LogP contribution is -2.41. The Labute approximate surface area is 208 Å². The summed E-state index contributed by atoms with van der Waals surface area (Å²) >= 11 is 0. The van der Waals surface area contributed by atoms with Gasteiger partial charge in [-0.25, -0.2) is 8.42 Å². The summed E-state index contributed by atoms with van der Waals surface area (Å²) in [6.45, 7) is 8.25. The van der Waals surface area contributed by atoms with Gasteiger partial charge >= 0.3 is 0 Å². The van der Waals surface area contributed by atoms with Crippen molar-refractivity contribution < 1.29 is 18.0 Å². The van der Waals surface area contributed by atoms with Gasteiger partial charge < -0.3 is 10.2 Å². The Balaban J connectivity index is 1.33. The SMILES string of the molecule is CC(C)(C)c1ccc(S(=O)(=O)N2CCC(C(=O)Nc3cccc(CN4CCCC4=O)c3)CC2)cc1. The molecule has 2 amide bonds. The fraction of sp³-hybridized carbons (Fsp3) is 0.481. The van der Waals surface area contributed by atoms with Gasteiger partial charge in [0.25, 0.3) is 0 Å². The van der Waals surface area contributed by atoms with E-state index in [4.69, 9.17) is 0 Å². The predicted octanol–water partition coefficient (Wildman–Crippen LogP) is 4.15. The lowest BCUT2D eigenvalue weighted by molar-refractivity contribution is -0.128. The molecule has 188 valence electrons. The average Bonchev–Trinajstić information content (AvgIpc) is 3.23. The second-order valence-electron chi connectivity index (χ2n) is 10.6. The van der Waals surface area contributed by atoms with Crippen LogP contribution in [0.25, 0.3) is 0 Å². The van der Waals surface area contributed by atoms with E-state index in [2.05, 4.69) is 26.1 Å². The number of carbonyl (C=O) groups excluding carboxylic acids is 2. The Morgan fingerprint density at radius 1 is 1.03 bits per heavy atom. The minimum atomic E-state index is -3.58. The van der Waals surface area contributed by atoms with Crippen LogP contribution in [-0.2, 0) is 31.6 Å². The molecule has 2 aromatic rings. The van der Waals surface area contributed by atoms with Gasteiger partial charge in [0.1, 0.15) is 0 Å². The highest BCUT2D eigenvalue weighted by atomic mass is 32.2. The molecular formula is C27H35N3O4S. The molecule has 2 fully saturated rings. The van der Waals surface area contributed by atoms with E-state index >= 15 is 0 Å². The highest BCUT2D eigenvalue weighted by Crippen LogP contribution is 2.28. The number of rotatable bonds is 6. The Bertz CT molecular complexity index is 1180. The van der Waals surface area contributed by atoms with E-state index in [-0.39, 0.29) is 23.1 Å². The quantitative estimate of drug-likeness (QED) is 0.650. The summed E-state index contributed by atoms with van der Waals surface area (Å²) in [6.07, 6.45) is 2.46. The molecule has 0 radical (unpaired) electrons. The number of benzene rings is 2. The van der Waals surface area contributed by atoms with E-state index < -0.39 is 10.0 Å². The molecule has 8 heteroatoms. The summed E-state index contributed by atoms with van der Waals surface area (Å²) in [5.74, 6) is -0.161. The molecule has 2 aliphatic rings. The topological polar surface area (TPSA) is 86.8 Å². The zero-order valence-electron chi connectivity index (χ0n) is 20.8. The second kappa shape index (κ2) is 10.1. The van der Waals surface area contributed by atoms with Gasteiger partial charge in [0.15, 0.2) is 0 Å². The monoisotopic (exact) mass is 497 g/mol. The fourth-order valence-electron chi connectivity index (χ4n) is 4.72. The number of nitrogens with zero attached hydrogens (tertiary/aromatic N) is 2. The third-order valence-electron chi connectivity index (χ3n) is 6.92. The summed E-state index contributed by atoms with van der Waals surface area (Å²) in [5.41, 5.74) is 2.73. The van der Waals surface area contributed by atoms with Crippen molar-refractivity contribution in [2.45, 2.75) is 63.3 Å². The van der Waals surface area contributed by atoms with Gasteiger partial charge in [0.05, 0.1) is 4.90 Å². The highest BCUT2D eigenvalue weighted by Gasteiger charge is 2.32. The van der Waals surface area contributed by atoms with Gasteiger partial charge in [-0.2, -0.15) is 4.31 Å². The summed E-state index contributed by atoms with van der Waals surface area (Å²) in [6, 6.07) is 14.7. The van der Waals surface area contributed by atoms with Gasteiger partial charge in [0.2, 0.25) is 21.8 Å². The van der Waals surface area contributed by atoms with Crippen LogP contribution in [0.5, 0.6) is 0 Å². The lowest BCUT2D eigenvalue weighted by atomic mass is 9.87. The molecular weight excluding hydrogens is 462 g/mol. The first kappa shape index (κ1) is 25.4. The van der Waals surface area contributed by atoms with Crippen LogP contribution >= 0.6 is 0 Å².